The number of aromatic nitrogens is 3. The van der Waals surface area contributed by atoms with Gasteiger partial charge in [0, 0.05) is 17.1 Å². The van der Waals surface area contributed by atoms with Crippen molar-refractivity contribution in [2.24, 2.45) is 0 Å². The number of nitrogen functional groups attached to an aromatic ring is 1. The highest BCUT2D eigenvalue weighted by Crippen LogP contribution is 2.36. The third kappa shape index (κ3) is 13.2. The van der Waals surface area contributed by atoms with Crippen molar-refractivity contribution in [3.63, 3.8) is 0 Å². The van der Waals surface area contributed by atoms with E-state index in [1.807, 2.05) is 22.9 Å². The molecule has 0 atom stereocenters. The normalized spacial score (nSPS) is 12.1. The van der Waals surface area contributed by atoms with Gasteiger partial charge in [0.25, 0.3) is 0 Å². The van der Waals surface area contributed by atoms with E-state index in [1.165, 1.54) is 103 Å². The van der Waals surface area contributed by atoms with Crippen LogP contribution < -0.4 is 21.2 Å². The van der Waals surface area contributed by atoms with Crippen LogP contribution in [0.2, 0.25) is 0 Å². The van der Waals surface area contributed by atoms with E-state index in [4.69, 9.17) is 15.6 Å². The second kappa shape index (κ2) is 21.7. The summed E-state index contributed by atoms with van der Waals surface area (Å²) in [6.45, 7) is 10.8. The number of aryl methyl sites for hydroxylation is 1. The fourth-order valence-corrected chi connectivity index (χ4v) is 7.13. The number of hydrogen-bond donors (Lipinski definition) is 2. The van der Waals surface area contributed by atoms with E-state index in [1.54, 1.807) is 13.3 Å². The van der Waals surface area contributed by atoms with Crippen molar-refractivity contribution in [2.75, 3.05) is 38.8 Å². The zero-order valence-corrected chi connectivity index (χ0v) is 30.8. The van der Waals surface area contributed by atoms with Crippen molar-refractivity contribution in [1.82, 2.24) is 20.0 Å². The summed E-state index contributed by atoms with van der Waals surface area (Å²) in [6, 6.07) is 5.83. The molecule has 7 nitrogen and oxygen atoms in total. The van der Waals surface area contributed by atoms with E-state index < -0.39 is 7.14 Å². The molecule has 0 saturated carbocycles. The minimum atomic E-state index is -2.41. The number of hydrogen-bond acceptors (Lipinski definition) is 6. The standard InChI is InChI=1S/C38H66N5O2P/c1-5-7-9-10-11-12-13-14-15-16-17-18-19-20-21-22-28-40-29-23-24-30-45-43-35(25-8-6-2)42-36-37(43)33-27-26-32(46(3,4)44)31-34(33)41-38(36)39/h26-27,31,40H,5-25,28-30H2,1-4H3,(H2,39,41). The third-order valence-corrected chi connectivity index (χ3v) is 10.7. The summed E-state index contributed by atoms with van der Waals surface area (Å²) in [4.78, 5) is 15.9. The van der Waals surface area contributed by atoms with E-state index in [2.05, 4.69) is 24.1 Å². The Morgan fingerprint density at radius 1 is 0.739 bits per heavy atom. The fraction of sp³-hybridized carbons (Fsp3) is 0.737. The summed E-state index contributed by atoms with van der Waals surface area (Å²) in [6.07, 6.45) is 27.5. The lowest BCUT2D eigenvalue weighted by Crippen LogP contribution is -2.20. The maximum atomic E-state index is 12.7. The van der Waals surface area contributed by atoms with Gasteiger partial charge in [-0.15, -0.1) is 0 Å². The number of imidazole rings is 1. The van der Waals surface area contributed by atoms with Gasteiger partial charge in [-0.1, -0.05) is 123 Å². The molecule has 3 aromatic rings. The van der Waals surface area contributed by atoms with E-state index in [-0.39, 0.29) is 0 Å². The molecule has 0 bridgehead atoms. The van der Waals surface area contributed by atoms with Gasteiger partial charge in [0.2, 0.25) is 0 Å². The number of rotatable bonds is 27. The van der Waals surface area contributed by atoms with Crippen LogP contribution in [0.3, 0.4) is 0 Å². The summed E-state index contributed by atoms with van der Waals surface area (Å²) < 4.78 is 14.6. The highest BCUT2D eigenvalue weighted by molar-refractivity contribution is 7.70. The maximum Gasteiger partial charge on any atom is 0.152 e. The first kappa shape index (κ1) is 38.3. The van der Waals surface area contributed by atoms with Crippen LogP contribution in [-0.2, 0) is 11.0 Å². The van der Waals surface area contributed by atoms with Crippen LogP contribution in [-0.4, -0.2) is 47.7 Å². The second-order valence-corrected chi connectivity index (χ2v) is 17.0. The fourth-order valence-electron chi connectivity index (χ4n) is 6.26. The monoisotopic (exact) mass is 655 g/mol. The van der Waals surface area contributed by atoms with Crippen molar-refractivity contribution < 1.29 is 9.40 Å². The molecule has 46 heavy (non-hydrogen) atoms. The number of anilines is 1. The van der Waals surface area contributed by atoms with Crippen LogP contribution in [0.25, 0.3) is 21.9 Å². The molecule has 0 unspecified atom stereocenters. The highest BCUT2D eigenvalue weighted by atomic mass is 31.2. The number of pyridine rings is 1. The maximum absolute atomic E-state index is 12.7. The molecule has 0 amide bonds. The minimum absolute atomic E-state index is 0.389. The van der Waals surface area contributed by atoms with Crippen molar-refractivity contribution in [1.29, 1.82) is 0 Å². The van der Waals surface area contributed by atoms with Gasteiger partial charge >= 0.3 is 0 Å². The molecular weight excluding hydrogens is 589 g/mol. The summed E-state index contributed by atoms with van der Waals surface area (Å²) >= 11 is 0. The Morgan fingerprint density at radius 3 is 1.85 bits per heavy atom. The molecule has 1 aromatic carbocycles. The Balaban J connectivity index is 1.29. The first-order chi connectivity index (χ1) is 22.4. The molecule has 0 radical (unpaired) electrons. The first-order valence-electron chi connectivity index (χ1n) is 18.9. The number of benzene rings is 1. The molecule has 0 saturated heterocycles. The van der Waals surface area contributed by atoms with E-state index in [0.717, 1.165) is 72.7 Å². The van der Waals surface area contributed by atoms with Gasteiger partial charge in [0.05, 0.1) is 5.52 Å². The topological polar surface area (TPSA) is 95.1 Å². The minimum Gasteiger partial charge on any atom is -0.412 e. The van der Waals surface area contributed by atoms with Gasteiger partial charge in [0.15, 0.2) is 5.82 Å². The largest absolute Gasteiger partial charge is 0.412 e. The van der Waals surface area contributed by atoms with Crippen LogP contribution in [0.5, 0.6) is 0 Å². The van der Waals surface area contributed by atoms with Crippen LogP contribution in [0, 0.1) is 0 Å². The molecule has 2 aromatic heterocycles. The molecule has 0 aliphatic rings. The van der Waals surface area contributed by atoms with Gasteiger partial charge in [-0.3, -0.25) is 0 Å². The van der Waals surface area contributed by atoms with Gasteiger partial charge in [-0.25, -0.2) is 9.97 Å². The molecule has 0 aliphatic heterocycles. The molecule has 8 heteroatoms. The van der Waals surface area contributed by atoms with Crippen LogP contribution in [0.15, 0.2) is 18.2 Å². The zero-order valence-electron chi connectivity index (χ0n) is 29.9. The summed E-state index contributed by atoms with van der Waals surface area (Å²) in [5, 5.41) is 5.35. The molecule has 260 valence electrons. The third-order valence-electron chi connectivity index (χ3n) is 9.17. The lowest BCUT2D eigenvalue weighted by atomic mass is 10.0. The summed E-state index contributed by atoms with van der Waals surface area (Å²) in [7, 11) is -2.41. The smallest absolute Gasteiger partial charge is 0.152 e. The van der Waals surface area contributed by atoms with E-state index >= 15 is 0 Å². The molecule has 2 heterocycles. The molecule has 0 spiro atoms. The molecule has 3 rings (SSSR count). The number of nitrogens with zero attached hydrogens (tertiary/aromatic N) is 3. The Labute approximate surface area is 280 Å². The van der Waals surface area contributed by atoms with Gasteiger partial charge in [-0.2, -0.15) is 4.73 Å². The lowest BCUT2D eigenvalue weighted by Gasteiger charge is -2.13. The molecular formula is C38H66N5O2P. The van der Waals surface area contributed by atoms with Gasteiger partial charge in [-0.05, 0) is 64.2 Å². The van der Waals surface area contributed by atoms with Crippen molar-refractivity contribution in [3.8, 4) is 0 Å². The van der Waals surface area contributed by atoms with Crippen molar-refractivity contribution in [2.45, 2.75) is 149 Å². The zero-order chi connectivity index (χ0) is 33.0. The van der Waals surface area contributed by atoms with E-state index in [9.17, 15) is 4.57 Å². The highest BCUT2D eigenvalue weighted by Gasteiger charge is 2.20. The number of fused-ring (bicyclic) bond motifs is 3. The molecule has 0 fully saturated rings. The lowest BCUT2D eigenvalue weighted by molar-refractivity contribution is 0.109. The molecule has 0 aliphatic carbocycles. The SMILES string of the molecule is CCCCCCCCCCCCCCCCCCNCCCCOn1c(CCCC)nc2c(N)nc3cc(P(C)(C)=O)ccc3c21. The molecule has 3 N–H and O–H groups in total. The number of nitrogens with two attached hydrogens (primary N) is 1. The summed E-state index contributed by atoms with van der Waals surface area (Å²) in [5.74, 6) is 1.28. The van der Waals surface area contributed by atoms with Gasteiger partial charge in [0.1, 0.15) is 30.6 Å². The number of unbranched alkanes of at least 4 members (excludes halogenated alkanes) is 17. The van der Waals surface area contributed by atoms with Crippen LogP contribution in [0.4, 0.5) is 5.82 Å². The second-order valence-electron chi connectivity index (χ2n) is 13.8. The Kier molecular flexibility index (Phi) is 18.1. The van der Waals surface area contributed by atoms with E-state index in [0.29, 0.717) is 17.9 Å². The first-order valence-corrected chi connectivity index (χ1v) is 21.5. The predicted octanol–water partition coefficient (Wildman–Crippen LogP) is 9.82. The average Bonchev–Trinajstić information content (AvgIpc) is 3.40. The Hall–Kier alpha value is -2.11. The number of nitrogens with one attached hydrogen (secondary N) is 1. The van der Waals surface area contributed by atoms with Crippen molar-refractivity contribution in [3.05, 3.63) is 24.0 Å². The Morgan fingerprint density at radius 2 is 1.28 bits per heavy atom. The average molecular weight is 656 g/mol. The quantitative estimate of drug-likeness (QED) is 0.0627. The Bertz CT molecular complexity index is 1320. The van der Waals surface area contributed by atoms with Crippen molar-refractivity contribution >= 4 is 40.2 Å². The summed E-state index contributed by atoms with van der Waals surface area (Å²) in [5.41, 5.74) is 8.67. The predicted molar refractivity (Wildman–Crippen MR) is 200 cm³/mol. The van der Waals surface area contributed by atoms with Crippen LogP contribution in [0.1, 0.15) is 148 Å². The van der Waals surface area contributed by atoms with Gasteiger partial charge < -0.3 is 20.5 Å². The van der Waals surface area contributed by atoms with Crippen LogP contribution >= 0.6 is 7.14 Å².